The summed E-state index contributed by atoms with van der Waals surface area (Å²) in [5.74, 6) is 2.28. The Balaban J connectivity index is 0.00000180. The largest absolute Gasteiger partial charge is 0.487 e. The first-order valence-electron chi connectivity index (χ1n) is 14.9. The fraction of sp³-hybridized carbons (Fsp3) is 0.306. The summed E-state index contributed by atoms with van der Waals surface area (Å²) in [5, 5.41) is 4.56. The number of aromatic nitrogens is 2. The second-order valence-electron chi connectivity index (χ2n) is 9.83. The van der Waals surface area contributed by atoms with Crippen molar-refractivity contribution in [2.45, 2.75) is 66.6 Å². The molecular formula is C36H41ClFN3O4. The van der Waals surface area contributed by atoms with E-state index in [-0.39, 0.29) is 19.9 Å². The molecule has 0 radical (unpaired) electrons. The number of nitrogens with one attached hydrogen (secondary N) is 1. The van der Waals surface area contributed by atoms with Crippen LogP contribution in [0.5, 0.6) is 5.75 Å². The number of furan rings is 1. The molecule has 0 amide bonds. The monoisotopic (exact) mass is 633 g/mol. The minimum absolute atomic E-state index is 0. The van der Waals surface area contributed by atoms with E-state index >= 15 is 0 Å². The Hall–Kier alpha value is -4.27. The maximum atomic E-state index is 13.5. The number of ether oxygens (including phenoxy) is 2. The predicted molar refractivity (Wildman–Crippen MR) is 180 cm³/mol. The third kappa shape index (κ3) is 10.4. The third-order valence-corrected chi connectivity index (χ3v) is 6.96. The number of anilines is 2. The van der Waals surface area contributed by atoms with E-state index in [1.54, 1.807) is 24.3 Å². The topological polar surface area (TPSA) is 86.5 Å². The molecule has 0 bridgehead atoms. The zero-order valence-corrected chi connectivity index (χ0v) is 25.8. The van der Waals surface area contributed by atoms with E-state index in [4.69, 9.17) is 25.5 Å². The Labute approximate surface area is 269 Å². The van der Waals surface area contributed by atoms with Gasteiger partial charge in [0.05, 0.1) is 10.5 Å². The van der Waals surface area contributed by atoms with Crippen LogP contribution in [0, 0.1) is 5.82 Å². The minimum Gasteiger partial charge on any atom is -0.487 e. The number of nitrogens with zero attached hydrogens (tertiary/aromatic N) is 2. The zero-order chi connectivity index (χ0) is 31.1. The molecule has 9 heteroatoms. The van der Waals surface area contributed by atoms with Crippen LogP contribution in [0.25, 0.3) is 22.2 Å². The van der Waals surface area contributed by atoms with Crippen molar-refractivity contribution in [3.8, 4) is 17.1 Å². The van der Waals surface area contributed by atoms with Crippen LogP contribution >= 0.6 is 11.6 Å². The Kier molecular flexibility index (Phi) is 14.5. The highest BCUT2D eigenvalue weighted by atomic mass is 35.5. The Morgan fingerprint density at radius 1 is 0.933 bits per heavy atom. The lowest BCUT2D eigenvalue weighted by molar-refractivity contribution is -0.107. The van der Waals surface area contributed by atoms with Crippen LogP contribution in [0.15, 0.2) is 83.5 Å². The van der Waals surface area contributed by atoms with Crippen molar-refractivity contribution in [1.82, 2.24) is 9.97 Å². The van der Waals surface area contributed by atoms with Crippen molar-refractivity contribution in [1.29, 1.82) is 0 Å². The maximum absolute atomic E-state index is 13.5. The molecule has 0 saturated carbocycles. The standard InChI is InChI=1S/C33H31ClFN3O4.C2H6.CH4/c34-29-19-26(10-13-32(29)41-20-23-7-6-8-25(35)17-23)38-33-28-18-24(9-12-30(28)36-22-37-33)31-14-11-27(42-31)21-40-16-5-3-1-2-4-15-39;1-2;/h6-15,17-19,22H,1-5,16,20-21H2,(H,36,37,38);1-2H3;1H4. The van der Waals surface area contributed by atoms with Gasteiger partial charge in [0, 0.05) is 29.7 Å². The van der Waals surface area contributed by atoms with Crippen LogP contribution in [0.2, 0.25) is 5.02 Å². The zero-order valence-electron chi connectivity index (χ0n) is 25.0. The molecule has 2 aromatic heterocycles. The quantitative estimate of drug-likeness (QED) is 0.0906. The summed E-state index contributed by atoms with van der Waals surface area (Å²) in [7, 11) is 0. The normalized spacial score (nSPS) is 10.5. The van der Waals surface area contributed by atoms with Gasteiger partial charge in [0.15, 0.2) is 0 Å². The number of benzene rings is 3. The molecule has 0 saturated heterocycles. The number of aldehydes is 1. The van der Waals surface area contributed by atoms with Crippen molar-refractivity contribution >= 4 is 40.3 Å². The highest BCUT2D eigenvalue weighted by Gasteiger charge is 2.11. The molecule has 7 nitrogen and oxygen atoms in total. The number of carbonyl (C=O) groups is 1. The molecule has 238 valence electrons. The summed E-state index contributed by atoms with van der Waals surface area (Å²) in [6.07, 6.45) is 7.10. The Morgan fingerprint density at radius 3 is 2.58 bits per heavy atom. The maximum Gasteiger partial charge on any atom is 0.141 e. The molecule has 2 heterocycles. The second kappa shape index (κ2) is 18.5. The molecule has 0 fully saturated rings. The Morgan fingerprint density at radius 2 is 1.78 bits per heavy atom. The first kappa shape index (κ1) is 35.2. The number of hydrogen-bond acceptors (Lipinski definition) is 7. The van der Waals surface area contributed by atoms with Gasteiger partial charge in [0.1, 0.15) is 54.7 Å². The van der Waals surface area contributed by atoms with Crippen LogP contribution in [0.4, 0.5) is 15.9 Å². The number of hydrogen-bond donors (Lipinski definition) is 1. The summed E-state index contributed by atoms with van der Waals surface area (Å²) < 4.78 is 31.1. The van der Waals surface area contributed by atoms with Gasteiger partial charge in [-0.25, -0.2) is 14.4 Å². The molecule has 0 aliphatic rings. The van der Waals surface area contributed by atoms with E-state index in [2.05, 4.69) is 15.3 Å². The van der Waals surface area contributed by atoms with Gasteiger partial charge in [-0.05, 0) is 79.1 Å². The number of unbranched alkanes of at least 4 members (excludes halogenated alkanes) is 4. The molecular weight excluding hydrogens is 593 g/mol. The van der Waals surface area contributed by atoms with Gasteiger partial charge >= 0.3 is 0 Å². The summed E-state index contributed by atoms with van der Waals surface area (Å²) in [6, 6.07) is 21.3. The number of halogens is 2. The average molecular weight is 634 g/mol. The highest BCUT2D eigenvalue weighted by Crippen LogP contribution is 2.33. The minimum atomic E-state index is -0.311. The SMILES string of the molecule is C.CC.O=CCCCCCCOCc1ccc(-c2ccc3ncnc(Nc4ccc(OCc5cccc(F)c5)c(Cl)c4)c3c2)o1. The molecule has 0 aliphatic carbocycles. The van der Waals surface area contributed by atoms with Gasteiger partial charge < -0.3 is 24.0 Å². The van der Waals surface area contributed by atoms with Crippen molar-refractivity contribution in [2.75, 3.05) is 11.9 Å². The van der Waals surface area contributed by atoms with Gasteiger partial charge in [-0.3, -0.25) is 0 Å². The van der Waals surface area contributed by atoms with Gasteiger partial charge in [-0.1, -0.05) is 57.8 Å². The number of rotatable bonds is 15. The molecule has 0 aliphatic heterocycles. The van der Waals surface area contributed by atoms with Crippen LogP contribution in [-0.2, 0) is 22.7 Å². The molecule has 5 rings (SSSR count). The smallest absolute Gasteiger partial charge is 0.141 e. The summed E-state index contributed by atoms with van der Waals surface area (Å²) in [6.45, 7) is 5.26. The lowest BCUT2D eigenvalue weighted by Crippen LogP contribution is -1.99. The average Bonchev–Trinajstić information content (AvgIpc) is 3.52. The predicted octanol–water partition coefficient (Wildman–Crippen LogP) is 10.3. The lowest BCUT2D eigenvalue weighted by Gasteiger charge is -2.12. The van der Waals surface area contributed by atoms with Gasteiger partial charge in [-0.15, -0.1) is 0 Å². The number of fused-ring (bicyclic) bond motifs is 1. The van der Waals surface area contributed by atoms with E-state index in [9.17, 15) is 9.18 Å². The van der Waals surface area contributed by atoms with Crippen LogP contribution in [-0.4, -0.2) is 22.9 Å². The fourth-order valence-electron chi connectivity index (χ4n) is 4.50. The molecule has 0 spiro atoms. The summed E-state index contributed by atoms with van der Waals surface area (Å²) >= 11 is 6.49. The highest BCUT2D eigenvalue weighted by molar-refractivity contribution is 6.32. The van der Waals surface area contributed by atoms with E-state index in [1.807, 2.05) is 50.2 Å². The van der Waals surface area contributed by atoms with Gasteiger partial charge in [0.2, 0.25) is 0 Å². The summed E-state index contributed by atoms with van der Waals surface area (Å²) in [5.41, 5.74) is 3.11. The third-order valence-electron chi connectivity index (χ3n) is 6.66. The van der Waals surface area contributed by atoms with Gasteiger partial charge in [0.25, 0.3) is 0 Å². The van der Waals surface area contributed by atoms with E-state index in [0.717, 1.165) is 65.6 Å². The van der Waals surface area contributed by atoms with E-state index < -0.39 is 0 Å². The first-order chi connectivity index (χ1) is 21.6. The Bertz CT molecular complexity index is 1640. The first-order valence-corrected chi connectivity index (χ1v) is 15.3. The van der Waals surface area contributed by atoms with E-state index in [1.165, 1.54) is 18.5 Å². The molecule has 45 heavy (non-hydrogen) atoms. The molecule has 0 atom stereocenters. The summed E-state index contributed by atoms with van der Waals surface area (Å²) in [4.78, 5) is 19.2. The van der Waals surface area contributed by atoms with Crippen LogP contribution in [0.3, 0.4) is 0 Å². The van der Waals surface area contributed by atoms with Crippen molar-refractivity contribution < 1.29 is 23.1 Å². The second-order valence-corrected chi connectivity index (χ2v) is 10.2. The molecule has 3 aromatic carbocycles. The number of carbonyl (C=O) groups excluding carboxylic acids is 1. The molecule has 1 N–H and O–H groups in total. The van der Waals surface area contributed by atoms with Crippen molar-refractivity contribution in [3.63, 3.8) is 0 Å². The van der Waals surface area contributed by atoms with Crippen LogP contribution in [0.1, 0.15) is 64.7 Å². The van der Waals surface area contributed by atoms with Crippen molar-refractivity contribution in [2.24, 2.45) is 0 Å². The fourth-order valence-corrected chi connectivity index (χ4v) is 4.73. The molecule has 0 unspecified atom stereocenters. The van der Waals surface area contributed by atoms with Gasteiger partial charge in [-0.2, -0.15) is 0 Å². The lowest BCUT2D eigenvalue weighted by atomic mass is 10.1. The van der Waals surface area contributed by atoms with Crippen LogP contribution < -0.4 is 10.1 Å². The van der Waals surface area contributed by atoms with E-state index in [0.29, 0.717) is 41.8 Å². The molecule has 5 aromatic rings. The van der Waals surface area contributed by atoms with Crippen molar-refractivity contribution in [3.05, 3.63) is 101 Å².